The van der Waals surface area contributed by atoms with Gasteiger partial charge in [0.2, 0.25) is 0 Å². The topological polar surface area (TPSA) is 109 Å². The molecule has 1 aliphatic heterocycles. The van der Waals surface area contributed by atoms with Crippen LogP contribution in [0, 0.1) is 0 Å². The second kappa shape index (κ2) is 11.6. The number of esters is 2. The molecule has 1 N–H and O–H groups in total. The van der Waals surface area contributed by atoms with E-state index in [1.807, 2.05) is 18.2 Å². The van der Waals surface area contributed by atoms with Gasteiger partial charge in [-0.2, -0.15) is 0 Å². The van der Waals surface area contributed by atoms with Crippen LogP contribution >= 0.6 is 0 Å². The fourth-order valence-electron chi connectivity index (χ4n) is 5.30. The van der Waals surface area contributed by atoms with Gasteiger partial charge in [0.25, 0.3) is 0 Å². The lowest BCUT2D eigenvalue weighted by atomic mass is 9.71. The molecule has 39 heavy (non-hydrogen) atoms. The lowest BCUT2D eigenvalue weighted by molar-refractivity contribution is -0.139. The first-order chi connectivity index (χ1) is 18.7. The van der Waals surface area contributed by atoms with Crippen LogP contribution in [-0.4, -0.2) is 45.7 Å². The van der Waals surface area contributed by atoms with E-state index >= 15 is 0 Å². The molecular formula is C30H33NO8. The largest absolute Gasteiger partial charge is 0.493 e. The number of carbonyl (C=O) groups excluding carboxylic acids is 3. The van der Waals surface area contributed by atoms with Crippen LogP contribution in [0.4, 0.5) is 0 Å². The van der Waals surface area contributed by atoms with E-state index in [4.69, 9.17) is 23.7 Å². The van der Waals surface area contributed by atoms with Crippen molar-refractivity contribution in [3.8, 4) is 23.0 Å². The van der Waals surface area contributed by atoms with E-state index in [1.165, 1.54) is 14.0 Å². The number of allylic oxidation sites excluding steroid dienone is 3. The Labute approximate surface area is 227 Å². The van der Waals surface area contributed by atoms with Crippen molar-refractivity contribution in [1.29, 1.82) is 0 Å². The van der Waals surface area contributed by atoms with Crippen LogP contribution in [0.2, 0.25) is 0 Å². The molecule has 0 aromatic heterocycles. The Bertz CT molecular complexity index is 1370. The highest BCUT2D eigenvalue weighted by Crippen LogP contribution is 2.47. The van der Waals surface area contributed by atoms with Crippen molar-refractivity contribution in [2.45, 2.75) is 45.4 Å². The molecular weight excluding hydrogens is 502 g/mol. The average Bonchev–Trinajstić information content (AvgIpc) is 2.91. The van der Waals surface area contributed by atoms with Crippen molar-refractivity contribution in [2.24, 2.45) is 0 Å². The highest BCUT2D eigenvalue weighted by atomic mass is 16.6. The van der Waals surface area contributed by atoms with E-state index in [2.05, 4.69) is 5.32 Å². The predicted molar refractivity (Wildman–Crippen MR) is 143 cm³/mol. The zero-order chi connectivity index (χ0) is 28.3. The molecule has 0 fully saturated rings. The predicted octanol–water partition coefficient (Wildman–Crippen LogP) is 4.56. The minimum atomic E-state index is -0.681. The number of Topliss-reactive ketones (excluding diaryl/α,β-unsaturated/α-hetero) is 1. The molecule has 0 radical (unpaired) electrons. The van der Waals surface area contributed by atoms with Gasteiger partial charge in [0.1, 0.15) is 0 Å². The zero-order valence-corrected chi connectivity index (χ0v) is 23.0. The zero-order valence-electron chi connectivity index (χ0n) is 23.0. The number of methoxy groups -OCH3 is 3. The van der Waals surface area contributed by atoms with E-state index in [1.54, 1.807) is 46.3 Å². The Hall–Kier alpha value is -4.27. The number of ether oxygens (including phenoxy) is 5. The molecule has 9 heteroatoms. The molecule has 1 heterocycles. The van der Waals surface area contributed by atoms with E-state index in [-0.39, 0.29) is 30.5 Å². The summed E-state index contributed by atoms with van der Waals surface area (Å²) >= 11 is 0. The van der Waals surface area contributed by atoms with Crippen LogP contribution in [-0.2, 0) is 19.1 Å². The third kappa shape index (κ3) is 5.48. The summed E-state index contributed by atoms with van der Waals surface area (Å²) in [5.41, 5.74) is 3.84. The van der Waals surface area contributed by atoms with Gasteiger partial charge < -0.3 is 29.0 Å². The summed E-state index contributed by atoms with van der Waals surface area (Å²) < 4.78 is 27.0. The van der Waals surface area contributed by atoms with Crippen molar-refractivity contribution < 1.29 is 38.1 Å². The summed E-state index contributed by atoms with van der Waals surface area (Å²) in [5, 5.41) is 3.34. The van der Waals surface area contributed by atoms with Gasteiger partial charge in [0.05, 0.1) is 33.5 Å². The molecule has 2 aromatic carbocycles. The van der Waals surface area contributed by atoms with Gasteiger partial charge >= 0.3 is 11.9 Å². The molecule has 2 aromatic rings. The minimum absolute atomic E-state index is 0.0779. The fourth-order valence-corrected chi connectivity index (χ4v) is 5.30. The van der Waals surface area contributed by atoms with Crippen molar-refractivity contribution in [1.82, 2.24) is 5.32 Å². The molecule has 0 bridgehead atoms. The number of carbonyl (C=O) groups is 3. The quantitative estimate of drug-likeness (QED) is 0.384. The van der Waals surface area contributed by atoms with E-state index in [0.717, 1.165) is 11.3 Å². The fraction of sp³-hybridized carbons (Fsp3) is 0.367. The van der Waals surface area contributed by atoms with Crippen molar-refractivity contribution >= 4 is 17.7 Å². The third-order valence-corrected chi connectivity index (χ3v) is 6.98. The first kappa shape index (κ1) is 27.8. The van der Waals surface area contributed by atoms with Crippen LogP contribution in [0.3, 0.4) is 0 Å². The molecule has 1 aliphatic carbocycles. The summed E-state index contributed by atoms with van der Waals surface area (Å²) in [6, 6.07) is 10.7. The maximum absolute atomic E-state index is 13.8. The van der Waals surface area contributed by atoms with Gasteiger partial charge in [-0.25, -0.2) is 4.79 Å². The van der Waals surface area contributed by atoms with Crippen LogP contribution in [0.25, 0.3) is 0 Å². The average molecular weight is 536 g/mol. The van der Waals surface area contributed by atoms with Crippen LogP contribution in [0.1, 0.15) is 56.6 Å². The Balaban J connectivity index is 1.80. The molecule has 2 atom stereocenters. The van der Waals surface area contributed by atoms with Crippen LogP contribution in [0.5, 0.6) is 23.0 Å². The molecule has 0 saturated carbocycles. The highest BCUT2D eigenvalue weighted by Gasteiger charge is 2.41. The maximum atomic E-state index is 13.8. The maximum Gasteiger partial charge on any atom is 0.336 e. The highest BCUT2D eigenvalue weighted by molar-refractivity contribution is 6.04. The van der Waals surface area contributed by atoms with Gasteiger partial charge in [0.15, 0.2) is 28.8 Å². The summed E-state index contributed by atoms with van der Waals surface area (Å²) in [7, 11) is 4.62. The lowest BCUT2D eigenvalue weighted by Crippen LogP contribution is -2.36. The number of dihydropyridines is 1. The number of benzene rings is 2. The summed E-state index contributed by atoms with van der Waals surface area (Å²) in [4.78, 5) is 38.6. The van der Waals surface area contributed by atoms with Crippen LogP contribution in [0.15, 0.2) is 58.9 Å². The van der Waals surface area contributed by atoms with Gasteiger partial charge in [-0.05, 0) is 61.6 Å². The van der Waals surface area contributed by atoms with Crippen molar-refractivity contribution in [3.05, 3.63) is 70.1 Å². The molecule has 4 rings (SSSR count). The molecule has 0 amide bonds. The summed E-state index contributed by atoms with van der Waals surface area (Å²) in [5.74, 6) is -0.0706. The standard InChI is InChI=1S/C30H33NO8/c1-7-38-30(34)27-16(2)31-21-12-20(18-8-10-23(35-4)25(14-18)36-5)13-22(33)29(21)28(27)19-9-11-24(39-17(3)32)26(15-19)37-6/h8-11,14-15,20,28,31H,7,12-13H2,1-6H3/t20-,28+/m0/s1. The smallest absolute Gasteiger partial charge is 0.336 e. The number of rotatable bonds is 8. The van der Waals surface area contributed by atoms with E-state index in [0.29, 0.717) is 46.1 Å². The third-order valence-electron chi connectivity index (χ3n) is 6.98. The lowest BCUT2D eigenvalue weighted by Gasteiger charge is -2.37. The molecule has 0 saturated heterocycles. The second-order valence-electron chi connectivity index (χ2n) is 9.36. The van der Waals surface area contributed by atoms with E-state index < -0.39 is 17.9 Å². The first-order valence-corrected chi connectivity index (χ1v) is 12.7. The number of hydrogen-bond acceptors (Lipinski definition) is 9. The Morgan fingerprint density at radius 3 is 2.15 bits per heavy atom. The Kier molecular flexibility index (Phi) is 8.28. The van der Waals surface area contributed by atoms with Crippen molar-refractivity contribution in [2.75, 3.05) is 27.9 Å². The number of nitrogens with one attached hydrogen (secondary N) is 1. The van der Waals surface area contributed by atoms with Gasteiger partial charge in [-0.15, -0.1) is 0 Å². The Morgan fingerprint density at radius 1 is 0.897 bits per heavy atom. The monoisotopic (exact) mass is 535 g/mol. The SMILES string of the molecule is CCOC(=O)C1=C(C)NC2=C(C(=O)C[C@@H](c3ccc(OC)c(OC)c3)C2)[C@@H]1c1ccc(OC(C)=O)c(OC)c1. The van der Waals surface area contributed by atoms with Gasteiger partial charge in [-0.1, -0.05) is 12.1 Å². The van der Waals surface area contributed by atoms with E-state index in [9.17, 15) is 14.4 Å². The second-order valence-corrected chi connectivity index (χ2v) is 9.36. The molecule has 206 valence electrons. The van der Waals surface area contributed by atoms with Crippen molar-refractivity contribution in [3.63, 3.8) is 0 Å². The molecule has 9 nitrogen and oxygen atoms in total. The molecule has 0 spiro atoms. The van der Waals surface area contributed by atoms with Gasteiger partial charge in [0, 0.05) is 36.2 Å². The Morgan fingerprint density at radius 2 is 1.51 bits per heavy atom. The van der Waals surface area contributed by atoms with Crippen LogP contribution < -0.4 is 24.3 Å². The number of ketones is 1. The molecule has 2 aliphatic rings. The van der Waals surface area contributed by atoms with Gasteiger partial charge in [-0.3, -0.25) is 9.59 Å². The molecule has 0 unspecified atom stereocenters. The normalized spacial score (nSPS) is 18.7. The number of hydrogen-bond donors (Lipinski definition) is 1. The summed E-state index contributed by atoms with van der Waals surface area (Å²) in [6.07, 6.45) is 0.813. The first-order valence-electron chi connectivity index (χ1n) is 12.7. The minimum Gasteiger partial charge on any atom is -0.493 e. The summed E-state index contributed by atoms with van der Waals surface area (Å²) in [6.45, 7) is 5.04.